The van der Waals surface area contributed by atoms with E-state index < -0.39 is 8.32 Å². The normalized spacial score (nSPS) is 18.7. The van der Waals surface area contributed by atoms with Crippen molar-refractivity contribution in [1.29, 1.82) is 0 Å². The predicted molar refractivity (Wildman–Crippen MR) is 99.4 cm³/mol. The zero-order valence-corrected chi connectivity index (χ0v) is 16.4. The van der Waals surface area contributed by atoms with E-state index in [1.807, 2.05) is 12.1 Å². The first-order chi connectivity index (χ1) is 10.7. The van der Waals surface area contributed by atoms with Crippen LogP contribution in [0, 0.1) is 5.92 Å². The predicted octanol–water partition coefficient (Wildman–Crippen LogP) is 6.14. The molecule has 1 atom stereocenters. The molecule has 1 aliphatic carbocycles. The molecule has 2 nitrogen and oxygen atoms in total. The molecule has 0 aliphatic heterocycles. The van der Waals surface area contributed by atoms with E-state index in [4.69, 9.17) is 4.43 Å². The maximum absolute atomic E-state index is 10.9. The number of carbonyl (C=O) groups excluding carboxylic acids is 1. The molecule has 0 heterocycles. The van der Waals surface area contributed by atoms with Gasteiger partial charge in [0.2, 0.25) is 0 Å². The number of hydrogen-bond donors (Lipinski definition) is 0. The smallest absolute Gasteiger partial charge is 0.192 e. The molecule has 23 heavy (non-hydrogen) atoms. The third-order valence-electron chi connectivity index (χ3n) is 5.71. The van der Waals surface area contributed by atoms with Gasteiger partial charge in [-0.15, -0.1) is 0 Å². The van der Waals surface area contributed by atoms with Crippen LogP contribution in [0.4, 0.5) is 0 Å². The maximum atomic E-state index is 10.9. The van der Waals surface area contributed by atoms with Crippen molar-refractivity contribution in [3.8, 4) is 0 Å². The highest BCUT2D eigenvalue weighted by molar-refractivity contribution is 6.74. The molecule has 0 spiro atoms. The summed E-state index contributed by atoms with van der Waals surface area (Å²) >= 11 is 0. The molecule has 1 fully saturated rings. The number of aldehydes is 1. The van der Waals surface area contributed by atoms with E-state index in [0.29, 0.717) is 5.92 Å². The van der Waals surface area contributed by atoms with Crippen molar-refractivity contribution in [2.24, 2.45) is 5.92 Å². The van der Waals surface area contributed by atoms with Gasteiger partial charge in [0.1, 0.15) is 6.29 Å². The van der Waals surface area contributed by atoms with Gasteiger partial charge in [0, 0.05) is 5.56 Å². The lowest BCUT2D eigenvalue weighted by molar-refractivity contribution is 0.0936. The minimum Gasteiger partial charge on any atom is -0.410 e. The lowest BCUT2D eigenvalue weighted by atomic mass is 9.82. The first kappa shape index (κ1) is 18.4. The molecule has 1 saturated carbocycles. The largest absolute Gasteiger partial charge is 0.410 e. The highest BCUT2D eigenvalue weighted by Gasteiger charge is 2.41. The molecule has 0 saturated heterocycles. The fourth-order valence-corrected chi connectivity index (χ4v) is 4.45. The van der Waals surface area contributed by atoms with Crippen LogP contribution in [-0.2, 0) is 4.43 Å². The lowest BCUT2D eigenvalue weighted by Crippen LogP contribution is -2.43. The average Bonchev–Trinajstić information content (AvgIpc) is 2.52. The standard InChI is InChI=1S/C20H32O2Si/c1-20(2,3)23(4,5)22-19(17-9-7-6-8-10-17)18-13-11-16(15-21)12-14-18/h11-15,17,19H,6-10H2,1-5H3/t19-/m0/s1. The summed E-state index contributed by atoms with van der Waals surface area (Å²) in [5.74, 6) is 0.611. The van der Waals surface area contributed by atoms with Gasteiger partial charge in [-0.3, -0.25) is 4.79 Å². The minimum absolute atomic E-state index is 0.178. The second-order valence-corrected chi connectivity index (χ2v) is 13.2. The van der Waals surface area contributed by atoms with E-state index in [0.717, 1.165) is 11.8 Å². The van der Waals surface area contributed by atoms with E-state index in [1.54, 1.807) is 0 Å². The number of benzene rings is 1. The SMILES string of the molecule is CC(C)(C)[Si](C)(C)O[C@H](c1ccc(C=O)cc1)C1CCCCC1. The second kappa shape index (κ2) is 7.31. The summed E-state index contributed by atoms with van der Waals surface area (Å²) in [4.78, 5) is 10.9. The Morgan fingerprint density at radius 2 is 1.65 bits per heavy atom. The third kappa shape index (κ3) is 4.54. The summed E-state index contributed by atoms with van der Waals surface area (Å²) in [6.07, 6.45) is 7.59. The molecular formula is C20H32O2Si. The Hall–Kier alpha value is -0.933. The summed E-state index contributed by atoms with van der Waals surface area (Å²) < 4.78 is 6.85. The molecule has 0 aromatic heterocycles. The number of rotatable bonds is 5. The highest BCUT2D eigenvalue weighted by Crippen LogP contribution is 2.44. The molecule has 0 unspecified atom stereocenters. The molecule has 3 heteroatoms. The van der Waals surface area contributed by atoms with Crippen molar-refractivity contribution in [1.82, 2.24) is 0 Å². The van der Waals surface area contributed by atoms with Crippen molar-refractivity contribution in [3.63, 3.8) is 0 Å². The molecule has 1 aromatic rings. The first-order valence-electron chi connectivity index (χ1n) is 8.97. The quantitative estimate of drug-likeness (QED) is 0.478. The lowest BCUT2D eigenvalue weighted by Gasteiger charge is -2.42. The van der Waals surface area contributed by atoms with E-state index in [9.17, 15) is 4.79 Å². The summed E-state index contributed by atoms with van der Waals surface area (Å²) in [5.41, 5.74) is 1.98. The minimum atomic E-state index is -1.83. The molecule has 0 bridgehead atoms. The highest BCUT2D eigenvalue weighted by atomic mass is 28.4. The molecule has 128 valence electrons. The maximum Gasteiger partial charge on any atom is 0.192 e. The van der Waals surface area contributed by atoms with E-state index >= 15 is 0 Å². The Labute approximate surface area is 142 Å². The van der Waals surface area contributed by atoms with Crippen LogP contribution in [0.3, 0.4) is 0 Å². The monoisotopic (exact) mass is 332 g/mol. The summed E-state index contributed by atoms with van der Waals surface area (Å²) in [5, 5.41) is 0.211. The van der Waals surface area contributed by atoms with Gasteiger partial charge in [0.15, 0.2) is 8.32 Å². The van der Waals surface area contributed by atoms with Gasteiger partial charge in [0.05, 0.1) is 6.10 Å². The Morgan fingerprint density at radius 1 is 1.09 bits per heavy atom. The van der Waals surface area contributed by atoms with Crippen LogP contribution in [0.5, 0.6) is 0 Å². The Bertz CT molecular complexity index is 507. The van der Waals surface area contributed by atoms with Gasteiger partial charge in [0.25, 0.3) is 0 Å². The van der Waals surface area contributed by atoms with Crippen LogP contribution >= 0.6 is 0 Å². The molecule has 1 aromatic carbocycles. The molecule has 2 rings (SSSR count). The second-order valence-electron chi connectivity index (χ2n) is 8.48. The van der Waals surface area contributed by atoms with Gasteiger partial charge in [-0.1, -0.05) is 64.3 Å². The van der Waals surface area contributed by atoms with E-state index in [1.165, 1.54) is 37.7 Å². The van der Waals surface area contributed by atoms with Crippen molar-refractivity contribution in [2.45, 2.75) is 77.1 Å². The molecular weight excluding hydrogens is 300 g/mol. The van der Waals surface area contributed by atoms with Crippen LogP contribution < -0.4 is 0 Å². The van der Waals surface area contributed by atoms with Crippen molar-refractivity contribution < 1.29 is 9.22 Å². The van der Waals surface area contributed by atoms with Crippen molar-refractivity contribution in [2.75, 3.05) is 0 Å². The summed E-state index contributed by atoms with van der Waals surface area (Å²) in [6, 6.07) is 8.03. The molecule has 1 aliphatic rings. The fourth-order valence-electron chi connectivity index (χ4n) is 3.13. The van der Waals surface area contributed by atoms with Crippen LogP contribution in [0.1, 0.15) is 74.9 Å². The zero-order valence-electron chi connectivity index (χ0n) is 15.4. The number of carbonyl (C=O) groups is 1. The average molecular weight is 333 g/mol. The van der Waals surface area contributed by atoms with Gasteiger partial charge >= 0.3 is 0 Å². The number of hydrogen-bond acceptors (Lipinski definition) is 2. The van der Waals surface area contributed by atoms with Crippen molar-refractivity contribution >= 4 is 14.6 Å². The van der Waals surface area contributed by atoms with Gasteiger partial charge in [-0.25, -0.2) is 0 Å². The fraction of sp³-hybridized carbons (Fsp3) is 0.650. The Balaban J connectivity index is 2.28. The third-order valence-corrected chi connectivity index (χ3v) is 10.2. The van der Waals surface area contributed by atoms with Crippen molar-refractivity contribution in [3.05, 3.63) is 35.4 Å². The summed E-state index contributed by atoms with van der Waals surface area (Å²) in [6.45, 7) is 11.6. The van der Waals surface area contributed by atoms with Gasteiger partial charge < -0.3 is 4.43 Å². The molecule has 0 amide bonds. The first-order valence-corrected chi connectivity index (χ1v) is 11.9. The van der Waals surface area contributed by atoms with Crippen LogP contribution in [-0.4, -0.2) is 14.6 Å². The Kier molecular flexibility index (Phi) is 5.85. The van der Waals surface area contributed by atoms with E-state index in [2.05, 4.69) is 46.0 Å². The summed E-state index contributed by atoms with van der Waals surface area (Å²) in [7, 11) is -1.83. The van der Waals surface area contributed by atoms with E-state index in [-0.39, 0.29) is 11.1 Å². The topological polar surface area (TPSA) is 26.3 Å². The van der Waals surface area contributed by atoms with Gasteiger partial charge in [-0.05, 0) is 42.5 Å². The molecule has 0 N–H and O–H groups in total. The van der Waals surface area contributed by atoms with Crippen LogP contribution in [0.15, 0.2) is 24.3 Å². The van der Waals surface area contributed by atoms with Crippen LogP contribution in [0.2, 0.25) is 18.1 Å². The zero-order chi connectivity index (χ0) is 17.1. The van der Waals surface area contributed by atoms with Crippen LogP contribution in [0.25, 0.3) is 0 Å². The van der Waals surface area contributed by atoms with Gasteiger partial charge in [-0.2, -0.15) is 0 Å². The molecule has 0 radical (unpaired) electrons. The Morgan fingerprint density at radius 3 is 2.13 bits per heavy atom.